The normalized spacial score (nSPS) is 10.9. The van der Waals surface area contributed by atoms with Crippen molar-refractivity contribution in [2.75, 3.05) is 11.4 Å². The molecule has 0 saturated carbocycles. The Morgan fingerprint density at radius 3 is 2.74 bits per heavy atom. The molecular formula is C16H14ClFN4S. The van der Waals surface area contributed by atoms with Crippen LogP contribution in [-0.2, 0) is 6.42 Å². The molecule has 4 nitrogen and oxygen atoms in total. The quantitative estimate of drug-likeness (QED) is 0.707. The summed E-state index contributed by atoms with van der Waals surface area (Å²) in [5, 5.41) is 0.550. The van der Waals surface area contributed by atoms with Crippen LogP contribution in [0.15, 0.2) is 42.5 Å². The number of benzene rings is 2. The number of aromatic nitrogens is 2. The maximum absolute atomic E-state index is 13.9. The van der Waals surface area contributed by atoms with Crippen molar-refractivity contribution < 1.29 is 4.39 Å². The van der Waals surface area contributed by atoms with Gasteiger partial charge in [-0.1, -0.05) is 29.8 Å². The van der Waals surface area contributed by atoms with Crippen LogP contribution < -0.4 is 10.6 Å². The summed E-state index contributed by atoms with van der Waals surface area (Å²) in [6.07, 6.45) is 0.361. The third-order valence-electron chi connectivity index (χ3n) is 3.55. The number of hydrogen-bond donors (Lipinski definition) is 2. The van der Waals surface area contributed by atoms with Gasteiger partial charge >= 0.3 is 0 Å². The molecule has 0 atom stereocenters. The largest absolute Gasteiger partial charge is 0.376 e. The molecule has 0 spiro atoms. The summed E-state index contributed by atoms with van der Waals surface area (Å²) in [4.78, 5) is 9.27. The molecule has 118 valence electrons. The van der Waals surface area contributed by atoms with Gasteiger partial charge in [0, 0.05) is 17.1 Å². The molecule has 0 aliphatic carbocycles. The number of imidazole rings is 1. The summed E-state index contributed by atoms with van der Waals surface area (Å²) >= 11 is 11.2. The van der Waals surface area contributed by atoms with Gasteiger partial charge in [0.2, 0.25) is 5.95 Å². The Bertz CT molecular complexity index is 811. The fourth-order valence-corrected chi connectivity index (χ4v) is 2.82. The van der Waals surface area contributed by atoms with Crippen molar-refractivity contribution in [2.24, 2.45) is 5.73 Å². The van der Waals surface area contributed by atoms with E-state index in [1.807, 2.05) is 24.3 Å². The second kappa shape index (κ2) is 6.52. The first kappa shape index (κ1) is 15.7. The van der Waals surface area contributed by atoms with Crippen LogP contribution in [0.3, 0.4) is 0 Å². The molecule has 0 amide bonds. The van der Waals surface area contributed by atoms with E-state index in [-0.39, 0.29) is 10.9 Å². The summed E-state index contributed by atoms with van der Waals surface area (Å²) in [6.45, 7) is 0.371. The van der Waals surface area contributed by atoms with E-state index >= 15 is 0 Å². The molecule has 2 aromatic carbocycles. The van der Waals surface area contributed by atoms with Crippen molar-refractivity contribution in [3.8, 4) is 0 Å². The van der Waals surface area contributed by atoms with Gasteiger partial charge in [0.25, 0.3) is 0 Å². The SMILES string of the molecule is NC(=S)N(CCc1c(F)cccc1Cl)c1nc2ccccc2[nH]1. The number of rotatable bonds is 4. The lowest BCUT2D eigenvalue weighted by Gasteiger charge is -2.20. The lowest BCUT2D eigenvalue weighted by molar-refractivity contribution is 0.609. The zero-order valence-electron chi connectivity index (χ0n) is 12.1. The maximum atomic E-state index is 13.9. The highest BCUT2D eigenvalue weighted by atomic mass is 35.5. The van der Waals surface area contributed by atoms with E-state index in [9.17, 15) is 4.39 Å². The van der Waals surface area contributed by atoms with Crippen LogP contribution in [0.2, 0.25) is 5.02 Å². The van der Waals surface area contributed by atoms with Crippen molar-refractivity contribution in [3.05, 3.63) is 58.9 Å². The van der Waals surface area contributed by atoms with Crippen molar-refractivity contribution in [1.82, 2.24) is 9.97 Å². The van der Waals surface area contributed by atoms with E-state index in [0.29, 0.717) is 29.5 Å². The smallest absolute Gasteiger partial charge is 0.210 e. The van der Waals surface area contributed by atoms with E-state index in [0.717, 1.165) is 11.0 Å². The number of thiocarbonyl (C=S) groups is 1. The van der Waals surface area contributed by atoms with Gasteiger partial charge in [-0.15, -0.1) is 0 Å². The van der Waals surface area contributed by atoms with Crippen molar-refractivity contribution >= 4 is 45.9 Å². The van der Waals surface area contributed by atoms with Crippen LogP contribution >= 0.6 is 23.8 Å². The van der Waals surface area contributed by atoms with Gasteiger partial charge < -0.3 is 10.7 Å². The molecule has 0 fully saturated rings. The molecule has 0 aliphatic heterocycles. The number of H-pyrrole nitrogens is 1. The molecule has 1 heterocycles. The summed E-state index contributed by atoms with van der Waals surface area (Å²) in [6, 6.07) is 12.2. The van der Waals surface area contributed by atoms with Gasteiger partial charge in [-0.3, -0.25) is 4.90 Å². The van der Waals surface area contributed by atoms with Crippen LogP contribution in [0, 0.1) is 5.82 Å². The zero-order valence-corrected chi connectivity index (χ0v) is 13.7. The zero-order chi connectivity index (χ0) is 16.4. The molecule has 0 bridgehead atoms. The van der Waals surface area contributed by atoms with Crippen LogP contribution in [-0.4, -0.2) is 21.6 Å². The van der Waals surface area contributed by atoms with Crippen molar-refractivity contribution in [3.63, 3.8) is 0 Å². The number of fused-ring (bicyclic) bond motifs is 1. The van der Waals surface area contributed by atoms with Crippen molar-refractivity contribution in [1.29, 1.82) is 0 Å². The highest BCUT2D eigenvalue weighted by Gasteiger charge is 2.16. The van der Waals surface area contributed by atoms with E-state index in [1.54, 1.807) is 17.0 Å². The summed E-state index contributed by atoms with van der Waals surface area (Å²) in [5.74, 6) is 0.191. The average molecular weight is 349 g/mol. The fraction of sp³-hybridized carbons (Fsp3) is 0.125. The van der Waals surface area contributed by atoms with Crippen LogP contribution in [0.5, 0.6) is 0 Å². The van der Waals surface area contributed by atoms with E-state index < -0.39 is 0 Å². The summed E-state index contributed by atoms with van der Waals surface area (Å²) < 4.78 is 13.9. The standard InChI is InChI=1S/C16H14ClFN4S/c17-11-4-3-5-12(18)10(11)8-9-22(15(19)23)16-20-13-6-1-2-7-14(13)21-16/h1-7H,8-9H2,(H2,19,23)(H,20,21). The number of hydrogen-bond acceptors (Lipinski definition) is 2. The molecule has 1 aromatic heterocycles. The Labute approximate surface area is 143 Å². The first-order valence-electron chi connectivity index (χ1n) is 7.01. The molecule has 3 aromatic rings. The fourth-order valence-electron chi connectivity index (χ4n) is 2.38. The Balaban J connectivity index is 1.86. The Hall–Kier alpha value is -2.18. The highest BCUT2D eigenvalue weighted by molar-refractivity contribution is 7.80. The predicted octanol–water partition coefficient (Wildman–Crippen LogP) is 3.65. The molecule has 0 radical (unpaired) electrons. The molecule has 0 saturated heterocycles. The second-order valence-corrected chi connectivity index (χ2v) is 5.84. The van der Waals surface area contributed by atoms with Gasteiger partial charge in [-0.2, -0.15) is 0 Å². The molecule has 3 rings (SSSR count). The van der Waals surface area contributed by atoms with Gasteiger partial charge in [-0.25, -0.2) is 9.37 Å². The van der Waals surface area contributed by atoms with E-state index in [2.05, 4.69) is 9.97 Å². The molecule has 0 aliphatic rings. The monoisotopic (exact) mass is 348 g/mol. The molecule has 3 N–H and O–H groups in total. The van der Waals surface area contributed by atoms with Crippen LogP contribution in [0.4, 0.5) is 10.3 Å². The number of para-hydroxylation sites is 2. The third kappa shape index (κ3) is 3.28. The van der Waals surface area contributed by atoms with Crippen LogP contribution in [0.25, 0.3) is 11.0 Å². The van der Waals surface area contributed by atoms with Crippen LogP contribution in [0.1, 0.15) is 5.56 Å². The second-order valence-electron chi connectivity index (χ2n) is 5.02. The number of halogens is 2. The number of anilines is 1. The number of nitrogens with zero attached hydrogens (tertiary/aromatic N) is 2. The minimum atomic E-state index is -0.343. The van der Waals surface area contributed by atoms with Gasteiger partial charge in [0.05, 0.1) is 11.0 Å². The Kier molecular flexibility index (Phi) is 4.45. The number of nitrogens with two attached hydrogens (primary N) is 1. The van der Waals surface area contributed by atoms with Crippen molar-refractivity contribution in [2.45, 2.75) is 6.42 Å². The lowest BCUT2D eigenvalue weighted by Crippen LogP contribution is -2.38. The van der Waals surface area contributed by atoms with Gasteiger partial charge in [0.1, 0.15) is 5.82 Å². The Morgan fingerprint density at radius 2 is 2.04 bits per heavy atom. The minimum Gasteiger partial charge on any atom is -0.376 e. The number of aromatic amines is 1. The predicted molar refractivity (Wildman–Crippen MR) is 95.3 cm³/mol. The summed E-state index contributed by atoms with van der Waals surface area (Å²) in [5.41, 5.74) is 7.93. The van der Waals surface area contributed by atoms with Gasteiger partial charge in [0.15, 0.2) is 5.11 Å². The topological polar surface area (TPSA) is 57.9 Å². The van der Waals surface area contributed by atoms with Gasteiger partial charge in [-0.05, 0) is 42.9 Å². The molecular weight excluding hydrogens is 335 g/mol. The first-order chi connectivity index (χ1) is 11.1. The maximum Gasteiger partial charge on any atom is 0.210 e. The highest BCUT2D eigenvalue weighted by Crippen LogP contribution is 2.21. The first-order valence-corrected chi connectivity index (χ1v) is 7.79. The number of nitrogens with one attached hydrogen (secondary N) is 1. The molecule has 23 heavy (non-hydrogen) atoms. The average Bonchev–Trinajstić information content (AvgIpc) is 2.93. The lowest BCUT2D eigenvalue weighted by atomic mass is 10.1. The molecule has 7 heteroatoms. The minimum absolute atomic E-state index is 0.163. The Morgan fingerprint density at radius 1 is 1.26 bits per heavy atom. The van der Waals surface area contributed by atoms with E-state index in [1.165, 1.54) is 6.07 Å². The molecule has 0 unspecified atom stereocenters. The third-order valence-corrected chi connectivity index (χ3v) is 4.12. The summed E-state index contributed by atoms with van der Waals surface area (Å²) in [7, 11) is 0. The van der Waals surface area contributed by atoms with E-state index in [4.69, 9.17) is 29.6 Å².